The van der Waals surface area contributed by atoms with Crippen LogP contribution in [0.1, 0.15) is 37.9 Å². The van der Waals surface area contributed by atoms with Gasteiger partial charge in [-0.25, -0.2) is 4.98 Å². The molecular weight excluding hydrogens is 311 g/mol. The summed E-state index contributed by atoms with van der Waals surface area (Å²) in [4.78, 5) is 14.3. The van der Waals surface area contributed by atoms with Crippen LogP contribution >= 0.6 is 0 Å². The number of hydrogen-bond donors (Lipinski definition) is 2. The monoisotopic (exact) mass is 334 g/mol. The van der Waals surface area contributed by atoms with E-state index in [-0.39, 0.29) is 11.7 Å². The van der Waals surface area contributed by atoms with E-state index in [0.717, 1.165) is 5.56 Å². The Morgan fingerprint density at radius 1 is 1.25 bits per heavy atom. The molecule has 24 heavy (non-hydrogen) atoms. The average Bonchev–Trinajstić information content (AvgIpc) is 2.59. The molecule has 0 aliphatic rings. The summed E-state index contributed by atoms with van der Waals surface area (Å²) in [5.74, 6) is -0.579. The second-order valence-electron chi connectivity index (χ2n) is 4.94. The van der Waals surface area contributed by atoms with E-state index < -0.39 is 10.9 Å². The fourth-order valence-corrected chi connectivity index (χ4v) is 2.20. The number of rotatable bonds is 5. The van der Waals surface area contributed by atoms with Gasteiger partial charge in [-0.15, -0.1) is 0 Å². The van der Waals surface area contributed by atoms with E-state index in [1.807, 2.05) is 27.8 Å². The molecule has 0 fully saturated rings. The van der Waals surface area contributed by atoms with Crippen LogP contribution in [0.2, 0.25) is 0 Å². The number of nitrogens with zero attached hydrogens (tertiary/aromatic N) is 2. The predicted molar refractivity (Wildman–Crippen MR) is 94.1 cm³/mol. The number of aromatic nitrogens is 1. The second kappa shape index (κ2) is 8.93. The highest BCUT2D eigenvalue weighted by Crippen LogP contribution is 2.34. The third kappa shape index (κ3) is 4.48. The van der Waals surface area contributed by atoms with Crippen molar-refractivity contribution in [3.8, 4) is 0 Å². The van der Waals surface area contributed by atoms with E-state index in [9.17, 15) is 14.5 Å². The Bertz CT molecular complexity index is 690. The van der Waals surface area contributed by atoms with Crippen molar-refractivity contribution in [2.45, 2.75) is 33.7 Å². The van der Waals surface area contributed by atoms with Crippen molar-refractivity contribution in [1.82, 2.24) is 10.3 Å². The smallest absolute Gasteiger partial charge is 0.274 e. The molecular formula is C17H23FN4O2. The Labute approximate surface area is 141 Å². The molecule has 130 valence electrons. The lowest BCUT2D eigenvalue weighted by molar-refractivity contribution is -0.385. The SMILES string of the molecule is CC.CNC(C)c1ccc([N+](=O)[O-])c(C)c1Nc1ccc(F)nc1. The molecule has 0 bridgehead atoms. The fraction of sp³-hybridized carbons (Fsp3) is 0.353. The summed E-state index contributed by atoms with van der Waals surface area (Å²) in [7, 11) is 1.81. The standard InChI is InChI=1S/C15H17FN4O2.C2H6/c1-9-13(20(21)22)6-5-12(10(2)17-3)15(9)19-11-4-7-14(16)18-8-11;1-2/h4-8,10,17,19H,1-3H3;1-2H3. The van der Waals surface area contributed by atoms with Gasteiger partial charge in [-0.05, 0) is 44.7 Å². The highest BCUT2D eigenvalue weighted by Gasteiger charge is 2.20. The van der Waals surface area contributed by atoms with Gasteiger partial charge in [-0.3, -0.25) is 10.1 Å². The quantitative estimate of drug-likeness (QED) is 0.478. The zero-order valence-corrected chi connectivity index (χ0v) is 14.6. The number of nitro groups is 1. The van der Waals surface area contributed by atoms with Gasteiger partial charge in [-0.2, -0.15) is 4.39 Å². The number of nitro benzene ring substituents is 1. The minimum Gasteiger partial charge on any atom is -0.354 e. The van der Waals surface area contributed by atoms with E-state index in [0.29, 0.717) is 16.9 Å². The van der Waals surface area contributed by atoms with Gasteiger partial charge in [0.05, 0.1) is 28.1 Å². The molecule has 1 heterocycles. The maximum atomic E-state index is 12.9. The van der Waals surface area contributed by atoms with Gasteiger partial charge in [0, 0.05) is 12.1 Å². The Hall–Kier alpha value is -2.54. The summed E-state index contributed by atoms with van der Waals surface area (Å²) < 4.78 is 12.9. The van der Waals surface area contributed by atoms with Crippen molar-refractivity contribution in [2.24, 2.45) is 0 Å². The number of nitrogens with one attached hydrogen (secondary N) is 2. The van der Waals surface area contributed by atoms with Gasteiger partial charge < -0.3 is 10.6 Å². The first-order valence-corrected chi connectivity index (χ1v) is 7.77. The zero-order chi connectivity index (χ0) is 18.3. The molecule has 7 heteroatoms. The molecule has 2 rings (SSSR count). The van der Waals surface area contributed by atoms with Gasteiger partial charge in [0.1, 0.15) is 0 Å². The number of benzene rings is 1. The Morgan fingerprint density at radius 3 is 2.42 bits per heavy atom. The van der Waals surface area contributed by atoms with Crippen molar-refractivity contribution in [3.63, 3.8) is 0 Å². The second-order valence-corrected chi connectivity index (χ2v) is 4.94. The normalized spacial score (nSPS) is 11.2. The topological polar surface area (TPSA) is 80.1 Å². The third-order valence-corrected chi connectivity index (χ3v) is 3.56. The minimum absolute atomic E-state index is 0.00425. The van der Waals surface area contributed by atoms with Crippen molar-refractivity contribution < 1.29 is 9.31 Å². The Balaban J connectivity index is 0.00000139. The molecule has 1 aromatic carbocycles. The molecule has 1 unspecified atom stereocenters. The molecule has 0 saturated heterocycles. The summed E-state index contributed by atoms with van der Waals surface area (Å²) in [5.41, 5.74) is 2.63. The van der Waals surface area contributed by atoms with Crippen molar-refractivity contribution in [2.75, 3.05) is 12.4 Å². The summed E-state index contributed by atoms with van der Waals surface area (Å²) in [6, 6.07) is 5.97. The minimum atomic E-state index is -0.579. The van der Waals surface area contributed by atoms with Crippen LogP contribution in [0.3, 0.4) is 0 Å². The fourth-order valence-electron chi connectivity index (χ4n) is 2.20. The summed E-state index contributed by atoms with van der Waals surface area (Å²) >= 11 is 0. The molecule has 1 atom stereocenters. The van der Waals surface area contributed by atoms with Crippen LogP contribution < -0.4 is 10.6 Å². The van der Waals surface area contributed by atoms with Gasteiger partial charge in [-0.1, -0.05) is 13.8 Å². The van der Waals surface area contributed by atoms with E-state index in [1.54, 1.807) is 13.0 Å². The Morgan fingerprint density at radius 2 is 1.92 bits per heavy atom. The number of halogens is 1. The Kier molecular flexibility index (Phi) is 7.26. The van der Waals surface area contributed by atoms with Crippen LogP contribution in [0.15, 0.2) is 30.5 Å². The molecule has 0 saturated carbocycles. The number of pyridine rings is 1. The van der Waals surface area contributed by atoms with Gasteiger partial charge >= 0.3 is 0 Å². The van der Waals surface area contributed by atoms with Crippen LogP contribution in [0.5, 0.6) is 0 Å². The van der Waals surface area contributed by atoms with Gasteiger partial charge in [0.15, 0.2) is 0 Å². The lowest BCUT2D eigenvalue weighted by Crippen LogP contribution is -2.15. The van der Waals surface area contributed by atoms with Crippen molar-refractivity contribution in [3.05, 3.63) is 57.7 Å². The number of hydrogen-bond acceptors (Lipinski definition) is 5. The first kappa shape index (κ1) is 19.5. The third-order valence-electron chi connectivity index (χ3n) is 3.56. The summed E-state index contributed by atoms with van der Waals surface area (Å²) in [6.07, 6.45) is 1.35. The summed E-state index contributed by atoms with van der Waals surface area (Å²) in [6.45, 7) is 7.64. The molecule has 0 spiro atoms. The predicted octanol–water partition coefficient (Wildman–Crippen LogP) is 4.49. The highest BCUT2D eigenvalue weighted by molar-refractivity contribution is 5.71. The van der Waals surface area contributed by atoms with Crippen molar-refractivity contribution >= 4 is 17.1 Å². The van der Waals surface area contributed by atoms with E-state index in [2.05, 4.69) is 15.6 Å². The van der Waals surface area contributed by atoms with Crippen LogP contribution in [0.25, 0.3) is 0 Å². The molecule has 0 amide bonds. The molecule has 0 radical (unpaired) electrons. The van der Waals surface area contributed by atoms with Gasteiger partial charge in [0.25, 0.3) is 5.69 Å². The molecule has 2 N–H and O–H groups in total. The van der Waals surface area contributed by atoms with E-state index >= 15 is 0 Å². The van der Waals surface area contributed by atoms with E-state index in [1.165, 1.54) is 24.4 Å². The maximum absolute atomic E-state index is 12.9. The molecule has 6 nitrogen and oxygen atoms in total. The molecule has 0 aliphatic carbocycles. The molecule has 2 aromatic rings. The first-order chi connectivity index (χ1) is 11.4. The maximum Gasteiger partial charge on any atom is 0.274 e. The van der Waals surface area contributed by atoms with E-state index in [4.69, 9.17) is 0 Å². The molecule has 0 aliphatic heterocycles. The van der Waals surface area contributed by atoms with Crippen LogP contribution in [0.4, 0.5) is 21.5 Å². The lowest BCUT2D eigenvalue weighted by Gasteiger charge is -2.19. The molecule has 1 aromatic heterocycles. The van der Waals surface area contributed by atoms with Crippen LogP contribution in [-0.2, 0) is 0 Å². The van der Waals surface area contributed by atoms with Gasteiger partial charge in [0.2, 0.25) is 5.95 Å². The van der Waals surface area contributed by atoms with Crippen LogP contribution in [-0.4, -0.2) is 17.0 Å². The van der Waals surface area contributed by atoms with Crippen LogP contribution in [0, 0.1) is 23.0 Å². The summed E-state index contributed by atoms with van der Waals surface area (Å²) in [5, 5.41) is 17.3. The average molecular weight is 334 g/mol. The lowest BCUT2D eigenvalue weighted by atomic mass is 10.0. The largest absolute Gasteiger partial charge is 0.354 e. The first-order valence-electron chi connectivity index (χ1n) is 7.77. The number of anilines is 2. The zero-order valence-electron chi connectivity index (χ0n) is 14.6. The van der Waals surface area contributed by atoms with Crippen molar-refractivity contribution in [1.29, 1.82) is 0 Å². The highest BCUT2D eigenvalue weighted by atomic mass is 19.1.